The molecule has 1 aliphatic carbocycles. The summed E-state index contributed by atoms with van der Waals surface area (Å²) < 4.78 is 0. The molecule has 0 unspecified atom stereocenters. The average Bonchev–Trinajstić information content (AvgIpc) is 2.31. The predicted molar refractivity (Wildman–Crippen MR) is 43.7 cm³/mol. The van der Waals surface area contributed by atoms with Gasteiger partial charge in [-0.3, -0.25) is 4.79 Å². The number of aromatic amines is 1. The summed E-state index contributed by atoms with van der Waals surface area (Å²) in [6.07, 6.45) is 0. The van der Waals surface area contributed by atoms with Crippen molar-refractivity contribution in [1.29, 1.82) is 0 Å². The molecular formula is C9H7NO. The van der Waals surface area contributed by atoms with Gasteiger partial charge in [-0.15, -0.1) is 0 Å². The molecule has 2 rings (SSSR count). The molecule has 54 valence electrons. The van der Waals surface area contributed by atoms with Crippen LogP contribution in [-0.4, -0.2) is 4.98 Å². The van der Waals surface area contributed by atoms with Crippen molar-refractivity contribution in [2.45, 2.75) is 0 Å². The Morgan fingerprint density at radius 3 is 2.55 bits per heavy atom. The molecule has 0 amide bonds. The van der Waals surface area contributed by atoms with Crippen LogP contribution in [0.2, 0.25) is 0 Å². The fourth-order valence-electron chi connectivity index (χ4n) is 1.11. The van der Waals surface area contributed by atoms with Crippen LogP contribution in [0.25, 0.3) is 11.3 Å². The van der Waals surface area contributed by atoms with Crippen molar-refractivity contribution in [2.24, 2.45) is 0 Å². The Morgan fingerprint density at radius 1 is 1.00 bits per heavy atom. The molecule has 2 nitrogen and oxygen atoms in total. The first kappa shape index (κ1) is 6.16. The van der Waals surface area contributed by atoms with Gasteiger partial charge in [0, 0.05) is 11.8 Å². The van der Waals surface area contributed by atoms with Gasteiger partial charge in [0.05, 0.1) is 0 Å². The molecule has 11 heavy (non-hydrogen) atoms. The lowest BCUT2D eigenvalue weighted by molar-refractivity contribution is 1.28. The van der Waals surface area contributed by atoms with Crippen LogP contribution in [0.3, 0.4) is 0 Å². The van der Waals surface area contributed by atoms with Crippen LogP contribution in [0.4, 0.5) is 0 Å². The summed E-state index contributed by atoms with van der Waals surface area (Å²) in [4.78, 5) is 13.7. The quantitative estimate of drug-likeness (QED) is 0.598. The van der Waals surface area contributed by atoms with Crippen LogP contribution in [-0.2, 0) is 0 Å². The highest BCUT2D eigenvalue weighted by atomic mass is 16.1. The maximum Gasteiger partial charge on any atom is 0.248 e. The molecule has 0 fully saturated rings. The van der Waals surface area contributed by atoms with E-state index >= 15 is 0 Å². The van der Waals surface area contributed by atoms with Gasteiger partial charge in [-0.25, -0.2) is 0 Å². The van der Waals surface area contributed by atoms with E-state index in [4.69, 9.17) is 0 Å². The molecule has 0 aromatic carbocycles. The second kappa shape index (κ2) is 2.23. The van der Waals surface area contributed by atoms with Crippen LogP contribution in [0.15, 0.2) is 41.2 Å². The topological polar surface area (TPSA) is 32.9 Å². The summed E-state index contributed by atoms with van der Waals surface area (Å²) in [5, 5.41) is 0. The predicted octanol–water partition coefficient (Wildman–Crippen LogP) is 1.48. The van der Waals surface area contributed by atoms with Crippen LogP contribution >= 0.6 is 0 Å². The number of H-pyrrole nitrogens is 1. The highest BCUT2D eigenvalue weighted by molar-refractivity contribution is 5.60. The van der Waals surface area contributed by atoms with Gasteiger partial charge in [-0.2, -0.15) is 0 Å². The van der Waals surface area contributed by atoms with E-state index in [9.17, 15) is 4.79 Å². The van der Waals surface area contributed by atoms with E-state index in [0.717, 1.165) is 11.3 Å². The molecule has 0 aromatic rings. The SMILES string of the molecule is O=c1cccc2cccc-2[nH]1. The van der Waals surface area contributed by atoms with Crippen molar-refractivity contribution in [3.05, 3.63) is 46.8 Å². The number of hydrogen-bond donors (Lipinski definition) is 1. The second-order valence-corrected chi connectivity index (χ2v) is 2.41. The van der Waals surface area contributed by atoms with E-state index < -0.39 is 0 Å². The van der Waals surface area contributed by atoms with Crippen LogP contribution in [0, 0.1) is 0 Å². The summed E-state index contributed by atoms with van der Waals surface area (Å²) in [5.74, 6) is 0. The smallest absolute Gasteiger partial charge is 0.248 e. The molecule has 0 radical (unpaired) electrons. The summed E-state index contributed by atoms with van der Waals surface area (Å²) in [7, 11) is 0. The van der Waals surface area contributed by atoms with Crippen molar-refractivity contribution in [3.8, 4) is 11.3 Å². The minimum Gasteiger partial charge on any atom is -0.322 e. The van der Waals surface area contributed by atoms with Gasteiger partial charge in [0.1, 0.15) is 0 Å². The van der Waals surface area contributed by atoms with Crippen molar-refractivity contribution in [2.75, 3.05) is 0 Å². The van der Waals surface area contributed by atoms with E-state index in [1.807, 2.05) is 24.3 Å². The molecule has 2 aliphatic rings. The van der Waals surface area contributed by atoms with E-state index in [2.05, 4.69) is 4.98 Å². The number of nitrogens with one attached hydrogen (secondary N) is 1. The van der Waals surface area contributed by atoms with E-state index in [-0.39, 0.29) is 5.56 Å². The number of rotatable bonds is 0. The van der Waals surface area contributed by atoms with E-state index in [1.165, 1.54) is 6.07 Å². The van der Waals surface area contributed by atoms with Crippen molar-refractivity contribution >= 4 is 0 Å². The minimum atomic E-state index is -0.0637. The third-order valence-electron chi connectivity index (χ3n) is 1.63. The molecule has 1 N–H and O–H groups in total. The average molecular weight is 145 g/mol. The normalized spacial score (nSPS) is 10.2. The van der Waals surface area contributed by atoms with Gasteiger partial charge in [0.25, 0.3) is 0 Å². The lowest BCUT2D eigenvalue weighted by atomic mass is 10.3. The highest BCUT2D eigenvalue weighted by Gasteiger charge is 1.97. The number of aromatic nitrogens is 1. The summed E-state index contributed by atoms with van der Waals surface area (Å²) in [5.41, 5.74) is 1.89. The zero-order chi connectivity index (χ0) is 7.68. The molecule has 1 aliphatic heterocycles. The molecule has 0 spiro atoms. The summed E-state index contributed by atoms with van der Waals surface area (Å²) >= 11 is 0. The highest BCUT2D eigenvalue weighted by Crippen LogP contribution is 2.16. The molecule has 0 saturated carbocycles. The Labute approximate surface area is 63.8 Å². The molecule has 2 heteroatoms. The van der Waals surface area contributed by atoms with Gasteiger partial charge >= 0.3 is 0 Å². The number of fused-ring (bicyclic) bond motifs is 1. The zero-order valence-corrected chi connectivity index (χ0v) is 5.87. The maximum absolute atomic E-state index is 10.9. The van der Waals surface area contributed by atoms with Gasteiger partial charge in [-0.1, -0.05) is 24.3 Å². The lowest BCUT2D eigenvalue weighted by Gasteiger charge is -1.86. The zero-order valence-electron chi connectivity index (χ0n) is 5.87. The van der Waals surface area contributed by atoms with Crippen LogP contribution in [0.5, 0.6) is 0 Å². The van der Waals surface area contributed by atoms with E-state index in [1.54, 1.807) is 6.07 Å². The monoisotopic (exact) mass is 145 g/mol. The van der Waals surface area contributed by atoms with Gasteiger partial charge in [-0.05, 0) is 11.6 Å². The molecule has 0 bridgehead atoms. The Bertz CT molecular complexity index is 391. The lowest BCUT2D eigenvalue weighted by Crippen LogP contribution is -1.98. The van der Waals surface area contributed by atoms with Crippen molar-refractivity contribution in [3.63, 3.8) is 0 Å². The summed E-state index contributed by atoms with van der Waals surface area (Å²) in [6.45, 7) is 0. The standard InChI is InChI=1S/C9H7NO/c11-9-6-2-4-7-3-1-5-8(7)10-9/h1-6H,(H,10,11). The largest absolute Gasteiger partial charge is 0.322 e. The third kappa shape index (κ3) is 1.03. The molecule has 0 aromatic heterocycles. The minimum absolute atomic E-state index is 0.0637. The van der Waals surface area contributed by atoms with Gasteiger partial charge < -0.3 is 4.98 Å². The van der Waals surface area contributed by atoms with Gasteiger partial charge in [0.2, 0.25) is 5.56 Å². The molecule has 0 saturated heterocycles. The van der Waals surface area contributed by atoms with Crippen molar-refractivity contribution < 1.29 is 0 Å². The first-order chi connectivity index (χ1) is 5.36. The Morgan fingerprint density at radius 2 is 1.73 bits per heavy atom. The van der Waals surface area contributed by atoms with E-state index in [0.29, 0.717) is 0 Å². The second-order valence-electron chi connectivity index (χ2n) is 2.41. The van der Waals surface area contributed by atoms with Crippen molar-refractivity contribution in [1.82, 2.24) is 4.98 Å². The fourth-order valence-corrected chi connectivity index (χ4v) is 1.11. The van der Waals surface area contributed by atoms with Crippen LogP contribution < -0.4 is 5.56 Å². The fraction of sp³-hybridized carbons (Fsp3) is 0. The molecular weight excluding hydrogens is 138 g/mol. The number of hydrogen-bond acceptors (Lipinski definition) is 1. The Balaban J connectivity index is 2.83. The van der Waals surface area contributed by atoms with Gasteiger partial charge in [0.15, 0.2) is 0 Å². The molecule has 1 heterocycles. The Hall–Kier alpha value is -1.57. The third-order valence-corrected chi connectivity index (χ3v) is 1.63. The first-order valence-corrected chi connectivity index (χ1v) is 3.44. The first-order valence-electron chi connectivity index (χ1n) is 3.44. The maximum atomic E-state index is 10.9. The molecule has 0 atom stereocenters. The Kier molecular flexibility index (Phi) is 1.25. The van der Waals surface area contributed by atoms with Crippen LogP contribution in [0.1, 0.15) is 0 Å². The summed E-state index contributed by atoms with van der Waals surface area (Å²) in [6, 6.07) is 10.9.